The van der Waals surface area contributed by atoms with Crippen molar-refractivity contribution in [2.45, 2.75) is 43.9 Å². The summed E-state index contributed by atoms with van der Waals surface area (Å²) in [6.07, 6.45) is 1.85. The van der Waals surface area contributed by atoms with Crippen LogP contribution in [-0.2, 0) is 27.8 Å². The van der Waals surface area contributed by atoms with Crippen molar-refractivity contribution in [3.8, 4) is 0 Å². The maximum absolute atomic E-state index is 12.4. The molecule has 0 spiro atoms. The molecule has 7 nitrogen and oxygen atoms in total. The van der Waals surface area contributed by atoms with Crippen LogP contribution < -0.4 is 15.4 Å². The van der Waals surface area contributed by atoms with E-state index < -0.39 is 10.0 Å². The molecular weight excluding hydrogens is 400 g/mol. The Bertz CT molecular complexity index is 953. The fourth-order valence-corrected chi connectivity index (χ4v) is 4.36. The third kappa shape index (κ3) is 6.55. The first-order chi connectivity index (χ1) is 14.5. The minimum atomic E-state index is -3.53. The van der Waals surface area contributed by atoms with Crippen molar-refractivity contribution in [1.82, 2.24) is 15.4 Å². The smallest absolute Gasteiger partial charge is 0.240 e. The second-order valence-corrected chi connectivity index (χ2v) is 9.17. The van der Waals surface area contributed by atoms with E-state index in [0.29, 0.717) is 32.2 Å². The fourth-order valence-electron chi connectivity index (χ4n) is 3.29. The van der Waals surface area contributed by atoms with Gasteiger partial charge in [0.2, 0.25) is 10.0 Å². The molecule has 1 fully saturated rings. The molecule has 0 bridgehead atoms. The van der Waals surface area contributed by atoms with Gasteiger partial charge in [-0.1, -0.05) is 42.0 Å². The Morgan fingerprint density at radius 3 is 2.47 bits per heavy atom. The van der Waals surface area contributed by atoms with Gasteiger partial charge in [0, 0.05) is 33.3 Å². The highest BCUT2D eigenvalue weighted by atomic mass is 32.2. The number of hydrogen-bond donors (Lipinski definition) is 3. The van der Waals surface area contributed by atoms with Gasteiger partial charge in [0.1, 0.15) is 0 Å². The highest BCUT2D eigenvalue weighted by Gasteiger charge is 2.20. The fraction of sp³-hybridized carbons (Fsp3) is 0.409. The second kappa shape index (κ2) is 10.6. The summed E-state index contributed by atoms with van der Waals surface area (Å²) in [5, 5.41) is 6.53. The van der Waals surface area contributed by atoms with Gasteiger partial charge in [-0.05, 0) is 43.0 Å². The lowest BCUT2D eigenvalue weighted by Gasteiger charge is -2.13. The van der Waals surface area contributed by atoms with E-state index >= 15 is 0 Å². The minimum Gasteiger partial charge on any atom is -0.377 e. The standard InChI is InChI=1S/C22H30N4O3S/c1-17-5-3-6-19(13-17)15-25-22(23-2)24-14-18-8-10-21(11-9-18)30(27,28)26-16-20-7-4-12-29-20/h3,5-6,8-11,13,20,26H,4,7,12,14-16H2,1-2H3,(H2,23,24,25). The quantitative estimate of drug-likeness (QED) is 0.442. The highest BCUT2D eigenvalue weighted by Crippen LogP contribution is 2.14. The molecule has 1 aliphatic rings. The molecule has 162 valence electrons. The van der Waals surface area contributed by atoms with Crippen LogP contribution in [0.15, 0.2) is 58.4 Å². The lowest BCUT2D eigenvalue weighted by Crippen LogP contribution is -2.36. The first-order valence-electron chi connectivity index (χ1n) is 10.2. The van der Waals surface area contributed by atoms with Crippen LogP contribution in [0.5, 0.6) is 0 Å². The molecule has 0 aliphatic carbocycles. The molecular formula is C22H30N4O3S. The van der Waals surface area contributed by atoms with E-state index in [2.05, 4.69) is 45.5 Å². The van der Waals surface area contributed by atoms with Crippen molar-refractivity contribution in [2.75, 3.05) is 20.2 Å². The Morgan fingerprint density at radius 1 is 1.10 bits per heavy atom. The molecule has 2 aromatic rings. The number of nitrogens with one attached hydrogen (secondary N) is 3. The van der Waals surface area contributed by atoms with Gasteiger partial charge in [-0.25, -0.2) is 13.1 Å². The molecule has 0 saturated carbocycles. The Labute approximate surface area is 179 Å². The maximum Gasteiger partial charge on any atom is 0.240 e. The van der Waals surface area contributed by atoms with E-state index in [9.17, 15) is 8.42 Å². The van der Waals surface area contributed by atoms with E-state index in [1.807, 2.05) is 18.2 Å². The molecule has 3 N–H and O–H groups in total. The summed E-state index contributed by atoms with van der Waals surface area (Å²) < 4.78 is 33.0. The molecule has 8 heteroatoms. The average molecular weight is 431 g/mol. The topological polar surface area (TPSA) is 91.8 Å². The predicted octanol–water partition coefficient (Wildman–Crippen LogP) is 2.32. The third-order valence-corrected chi connectivity index (χ3v) is 6.42. The van der Waals surface area contributed by atoms with Crippen LogP contribution in [0.3, 0.4) is 0 Å². The van der Waals surface area contributed by atoms with Gasteiger partial charge in [-0.15, -0.1) is 0 Å². The monoisotopic (exact) mass is 430 g/mol. The number of aliphatic imine (C=N–C) groups is 1. The number of sulfonamides is 1. The molecule has 30 heavy (non-hydrogen) atoms. The number of nitrogens with zero attached hydrogens (tertiary/aromatic N) is 1. The van der Waals surface area contributed by atoms with Crippen LogP contribution in [0.1, 0.15) is 29.5 Å². The summed E-state index contributed by atoms with van der Waals surface area (Å²) in [5.74, 6) is 0.687. The summed E-state index contributed by atoms with van der Waals surface area (Å²) in [7, 11) is -1.81. The molecule has 0 radical (unpaired) electrons. The van der Waals surface area contributed by atoms with Crippen molar-refractivity contribution in [3.63, 3.8) is 0 Å². The minimum absolute atomic E-state index is 0.0256. The number of guanidine groups is 1. The molecule has 0 aromatic heterocycles. The van der Waals surface area contributed by atoms with Crippen LogP contribution in [0.25, 0.3) is 0 Å². The lowest BCUT2D eigenvalue weighted by molar-refractivity contribution is 0.114. The molecule has 1 atom stereocenters. The van der Waals surface area contributed by atoms with Crippen LogP contribution in [0, 0.1) is 6.92 Å². The Hall–Kier alpha value is -2.42. The summed E-state index contributed by atoms with van der Waals surface area (Å²) in [4.78, 5) is 4.49. The Balaban J connectivity index is 1.49. The molecule has 1 unspecified atom stereocenters. The number of rotatable bonds is 8. The van der Waals surface area contributed by atoms with Crippen LogP contribution >= 0.6 is 0 Å². The molecule has 2 aromatic carbocycles. The van der Waals surface area contributed by atoms with Crippen LogP contribution in [0.4, 0.5) is 0 Å². The van der Waals surface area contributed by atoms with Gasteiger partial charge >= 0.3 is 0 Å². The number of benzene rings is 2. The van der Waals surface area contributed by atoms with Crippen molar-refractivity contribution in [3.05, 3.63) is 65.2 Å². The number of aryl methyl sites for hydroxylation is 1. The van der Waals surface area contributed by atoms with Gasteiger partial charge in [-0.2, -0.15) is 0 Å². The molecule has 0 amide bonds. The summed E-state index contributed by atoms with van der Waals surface area (Å²) in [6.45, 7) is 4.30. The van der Waals surface area contributed by atoms with Gasteiger partial charge in [-0.3, -0.25) is 4.99 Å². The SMILES string of the molecule is CN=C(NCc1ccc(S(=O)(=O)NCC2CCCO2)cc1)NCc1cccc(C)c1. The summed E-state index contributed by atoms with van der Waals surface area (Å²) in [5.41, 5.74) is 3.37. The third-order valence-electron chi connectivity index (χ3n) is 4.98. The normalized spacial score (nSPS) is 17.1. The van der Waals surface area contributed by atoms with E-state index in [1.54, 1.807) is 19.2 Å². The second-order valence-electron chi connectivity index (χ2n) is 7.40. The zero-order chi connectivity index (χ0) is 21.4. The molecule has 1 saturated heterocycles. The molecule has 1 heterocycles. The zero-order valence-electron chi connectivity index (χ0n) is 17.5. The van der Waals surface area contributed by atoms with Crippen molar-refractivity contribution in [1.29, 1.82) is 0 Å². The van der Waals surface area contributed by atoms with E-state index in [1.165, 1.54) is 11.1 Å². The van der Waals surface area contributed by atoms with Gasteiger partial charge in [0.15, 0.2) is 5.96 Å². The largest absolute Gasteiger partial charge is 0.377 e. The first-order valence-corrected chi connectivity index (χ1v) is 11.6. The van der Waals surface area contributed by atoms with E-state index in [0.717, 1.165) is 18.4 Å². The maximum atomic E-state index is 12.4. The lowest BCUT2D eigenvalue weighted by atomic mass is 10.1. The zero-order valence-corrected chi connectivity index (χ0v) is 18.3. The van der Waals surface area contributed by atoms with Gasteiger partial charge in [0.05, 0.1) is 11.0 Å². The number of ether oxygens (including phenoxy) is 1. The van der Waals surface area contributed by atoms with E-state index in [4.69, 9.17) is 4.74 Å². The average Bonchev–Trinajstić information content (AvgIpc) is 3.27. The number of hydrogen-bond acceptors (Lipinski definition) is 4. The van der Waals surface area contributed by atoms with Gasteiger partial charge < -0.3 is 15.4 Å². The highest BCUT2D eigenvalue weighted by molar-refractivity contribution is 7.89. The predicted molar refractivity (Wildman–Crippen MR) is 119 cm³/mol. The Kier molecular flexibility index (Phi) is 7.84. The van der Waals surface area contributed by atoms with Crippen molar-refractivity contribution < 1.29 is 13.2 Å². The summed E-state index contributed by atoms with van der Waals surface area (Å²) in [6, 6.07) is 15.2. The van der Waals surface area contributed by atoms with E-state index in [-0.39, 0.29) is 11.0 Å². The van der Waals surface area contributed by atoms with Gasteiger partial charge in [0.25, 0.3) is 0 Å². The molecule has 1 aliphatic heterocycles. The van der Waals surface area contributed by atoms with Crippen molar-refractivity contribution >= 4 is 16.0 Å². The van der Waals surface area contributed by atoms with Crippen LogP contribution in [-0.4, -0.2) is 40.7 Å². The van der Waals surface area contributed by atoms with Crippen LogP contribution in [0.2, 0.25) is 0 Å². The molecule has 3 rings (SSSR count). The first kappa shape index (κ1) is 22.3. The van der Waals surface area contributed by atoms with Crippen molar-refractivity contribution in [2.24, 2.45) is 4.99 Å². The Morgan fingerprint density at radius 2 is 1.83 bits per heavy atom. The summed E-state index contributed by atoms with van der Waals surface area (Å²) >= 11 is 0.